The summed E-state index contributed by atoms with van der Waals surface area (Å²) in [6, 6.07) is 10.5. The van der Waals surface area contributed by atoms with E-state index >= 15 is 0 Å². The molecule has 33 heavy (non-hydrogen) atoms. The van der Waals surface area contributed by atoms with Crippen LogP contribution in [0.15, 0.2) is 48.8 Å². The van der Waals surface area contributed by atoms with Gasteiger partial charge in [0.1, 0.15) is 10.8 Å². The summed E-state index contributed by atoms with van der Waals surface area (Å²) >= 11 is 1.64. The number of amides is 1. The average Bonchev–Trinajstić information content (AvgIpc) is 3.51. The Morgan fingerprint density at radius 2 is 1.70 bits per heavy atom. The SMILES string of the molecule is O=C(OCC(=O)N1CCN(c2ccccc2F)CC1)c1c(-n2cccc2)sc2c1CCCC2. The number of aromatic nitrogens is 1. The first-order valence-electron chi connectivity index (χ1n) is 11.3. The Morgan fingerprint density at radius 1 is 0.970 bits per heavy atom. The third kappa shape index (κ3) is 4.39. The van der Waals surface area contributed by atoms with Gasteiger partial charge in [0.25, 0.3) is 5.91 Å². The molecule has 0 N–H and O–H groups in total. The van der Waals surface area contributed by atoms with Crippen molar-refractivity contribution in [3.63, 3.8) is 0 Å². The van der Waals surface area contributed by atoms with Crippen molar-refractivity contribution in [2.75, 3.05) is 37.7 Å². The number of hydrogen-bond donors (Lipinski definition) is 0. The fourth-order valence-corrected chi connectivity index (χ4v) is 5.95. The lowest BCUT2D eigenvalue weighted by Crippen LogP contribution is -2.50. The predicted molar refractivity (Wildman–Crippen MR) is 126 cm³/mol. The third-order valence-corrected chi connectivity index (χ3v) is 7.65. The van der Waals surface area contributed by atoms with Crippen molar-refractivity contribution in [1.82, 2.24) is 9.47 Å². The van der Waals surface area contributed by atoms with Crippen LogP contribution in [0.3, 0.4) is 0 Å². The van der Waals surface area contributed by atoms with E-state index in [1.165, 1.54) is 10.9 Å². The Kier molecular flexibility index (Phi) is 6.17. The van der Waals surface area contributed by atoms with Gasteiger partial charge < -0.3 is 19.1 Å². The van der Waals surface area contributed by atoms with Crippen LogP contribution in [0.4, 0.5) is 10.1 Å². The largest absolute Gasteiger partial charge is 0.452 e. The molecule has 1 aliphatic heterocycles. The standard InChI is InChI=1S/C25H26FN3O3S/c26-19-8-2-3-9-20(19)27-13-15-28(16-14-27)22(30)17-32-25(31)23-18-7-1-4-10-21(18)33-24(23)29-11-5-6-12-29/h2-3,5-6,8-9,11-12H,1,4,7,10,13-17H2. The Bertz CT molecular complexity index is 1150. The lowest BCUT2D eigenvalue weighted by atomic mass is 9.95. The molecule has 1 amide bonds. The number of aryl methyl sites for hydroxylation is 1. The molecule has 0 spiro atoms. The Balaban J connectivity index is 1.23. The zero-order valence-electron chi connectivity index (χ0n) is 18.3. The number of ether oxygens (including phenoxy) is 1. The average molecular weight is 468 g/mol. The molecule has 0 saturated carbocycles. The van der Waals surface area contributed by atoms with Gasteiger partial charge in [0, 0.05) is 43.4 Å². The minimum atomic E-state index is -0.434. The van der Waals surface area contributed by atoms with Crippen molar-refractivity contribution in [1.29, 1.82) is 0 Å². The Labute approximate surface area is 196 Å². The van der Waals surface area contributed by atoms with Crippen molar-refractivity contribution in [3.05, 3.63) is 70.6 Å². The molecule has 1 aliphatic carbocycles. The molecule has 0 unspecified atom stereocenters. The summed E-state index contributed by atoms with van der Waals surface area (Å²) in [5, 5.41) is 0.864. The second-order valence-corrected chi connectivity index (χ2v) is 9.46. The van der Waals surface area contributed by atoms with Crippen LogP contribution in [0.5, 0.6) is 0 Å². The lowest BCUT2D eigenvalue weighted by molar-refractivity contribution is -0.134. The summed E-state index contributed by atoms with van der Waals surface area (Å²) in [5.74, 6) is -0.914. The highest BCUT2D eigenvalue weighted by Gasteiger charge is 2.29. The van der Waals surface area contributed by atoms with Crippen LogP contribution in [0.2, 0.25) is 0 Å². The maximum absolute atomic E-state index is 14.0. The maximum atomic E-state index is 14.0. The van der Waals surface area contributed by atoms with Crippen molar-refractivity contribution in [2.24, 2.45) is 0 Å². The first kappa shape index (κ1) is 21.7. The second kappa shape index (κ2) is 9.39. The minimum absolute atomic E-state index is 0.219. The summed E-state index contributed by atoms with van der Waals surface area (Å²) in [6.45, 7) is 1.72. The van der Waals surface area contributed by atoms with Crippen LogP contribution in [0.25, 0.3) is 5.00 Å². The first-order valence-corrected chi connectivity index (χ1v) is 12.2. The molecule has 3 aromatic rings. The number of nitrogens with zero attached hydrogens (tertiary/aromatic N) is 3. The smallest absolute Gasteiger partial charge is 0.341 e. The highest BCUT2D eigenvalue weighted by atomic mass is 32.1. The van der Waals surface area contributed by atoms with Gasteiger partial charge in [-0.25, -0.2) is 9.18 Å². The Hall–Kier alpha value is -3.13. The molecule has 0 radical (unpaired) electrons. The molecule has 1 aromatic carbocycles. The molecule has 5 rings (SSSR count). The van der Waals surface area contributed by atoms with Gasteiger partial charge in [-0.15, -0.1) is 11.3 Å². The zero-order chi connectivity index (χ0) is 22.8. The predicted octanol–water partition coefficient (Wildman–Crippen LogP) is 4.06. The van der Waals surface area contributed by atoms with Crippen LogP contribution in [0.1, 0.15) is 33.6 Å². The summed E-state index contributed by atoms with van der Waals surface area (Å²) in [7, 11) is 0. The van der Waals surface area contributed by atoms with Gasteiger partial charge in [-0.1, -0.05) is 12.1 Å². The van der Waals surface area contributed by atoms with E-state index in [0.717, 1.165) is 36.2 Å². The molecule has 1 fully saturated rings. The number of carbonyl (C=O) groups is 2. The van der Waals surface area contributed by atoms with E-state index in [-0.39, 0.29) is 18.3 Å². The van der Waals surface area contributed by atoms with Crippen molar-refractivity contribution in [3.8, 4) is 5.00 Å². The molecule has 2 aromatic heterocycles. The number of fused-ring (bicyclic) bond motifs is 1. The van der Waals surface area contributed by atoms with Gasteiger partial charge in [0.05, 0.1) is 11.3 Å². The number of para-hydroxylation sites is 1. The van der Waals surface area contributed by atoms with Crippen LogP contribution >= 0.6 is 11.3 Å². The second-order valence-electron chi connectivity index (χ2n) is 8.38. The number of halogens is 1. The molecule has 6 nitrogen and oxygen atoms in total. The van der Waals surface area contributed by atoms with E-state index in [4.69, 9.17) is 4.74 Å². The van der Waals surface area contributed by atoms with E-state index in [1.807, 2.05) is 34.0 Å². The fraction of sp³-hybridized carbons (Fsp3) is 0.360. The van der Waals surface area contributed by atoms with E-state index in [2.05, 4.69) is 0 Å². The van der Waals surface area contributed by atoms with Crippen LogP contribution in [-0.4, -0.2) is 54.1 Å². The van der Waals surface area contributed by atoms with E-state index in [1.54, 1.807) is 34.4 Å². The zero-order valence-corrected chi connectivity index (χ0v) is 19.2. The number of esters is 1. The molecule has 0 bridgehead atoms. The van der Waals surface area contributed by atoms with Crippen LogP contribution in [0, 0.1) is 5.82 Å². The monoisotopic (exact) mass is 467 g/mol. The highest BCUT2D eigenvalue weighted by molar-refractivity contribution is 7.15. The quantitative estimate of drug-likeness (QED) is 0.531. The molecular formula is C25H26FN3O3S. The molecule has 172 valence electrons. The molecule has 3 heterocycles. The molecular weight excluding hydrogens is 441 g/mol. The molecule has 2 aliphatic rings. The van der Waals surface area contributed by atoms with Crippen molar-refractivity contribution in [2.45, 2.75) is 25.7 Å². The number of hydrogen-bond acceptors (Lipinski definition) is 5. The topological polar surface area (TPSA) is 54.8 Å². The summed E-state index contributed by atoms with van der Waals surface area (Å²) in [5.41, 5.74) is 2.23. The van der Waals surface area contributed by atoms with E-state index in [9.17, 15) is 14.0 Å². The van der Waals surface area contributed by atoms with Crippen molar-refractivity contribution >= 4 is 28.9 Å². The summed E-state index contributed by atoms with van der Waals surface area (Å²) < 4.78 is 21.5. The number of benzene rings is 1. The van der Waals surface area contributed by atoms with Gasteiger partial charge in [0.15, 0.2) is 6.61 Å². The molecule has 8 heteroatoms. The summed E-state index contributed by atoms with van der Waals surface area (Å²) in [6.07, 6.45) is 7.88. The van der Waals surface area contributed by atoms with Gasteiger partial charge in [-0.05, 0) is 55.5 Å². The lowest BCUT2D eigenvalue weighted by Gasteiger charge is -2.36. The fourth-order valence-electron chi connectivity index (χ4n) is 4.61. The van der Waals surface area contributed by atoms with Gasteiger partial charge in [-0.3, -0.25) is 4.79 Å². The normalized spacial score (nSPS) is 15.9. The van der Waals surface area contributed by atoms with Crippen LogP contribution in [-0.2, 0) is 22.4 Å². The van der Waals surface area contributed by atoms with E-state index < -0.39 is 5.97 Å². The minimum Gasteiger partial charge on any atom is -0.452 e. The molecule has 1 saturated heterocycles. The Morgan fingerprint density at radius 3 is 2.45 bits per heavy atom. The number of rotatable bonds is 5. The van der Waals surface area contributed by atoms with E-state index in [0.29, 0.717) is 37.4 Å². The number of anilines is 1. The number of piperazine rings is 1. The maximum Gasteiger partial charge on any atom is 0.341 e. The number of thiophene rings is 1. The molecule has 0 atom stereocenters. The van der Waals surface area contributed by atoms with Crippen molar-refractivity contribution < 1.29 is 18.7 Å². The van der Waals surface area contributed by atoms with Gasteiger partial charge in [-0.2, -0.15) is 0 Å². The summed E-state index contributed by atoms with van der Waals surface area (Å²) in [4.78, 5) is 30.7. The highest BCUT2D eigenvalue weighted by Crippen LogP contribution is 2.37. The number of carbonyl (C=O) groups excluding carboxylic acids is 2. The van der Waals surface area contributed by atoms with Crippen LogP contribution < -0.4 is 4.90 Å². The van der Waals surface area contributed by atoms with Gasteiger partial charge >= 0.3 is 5.97 Å². The van der Waals surface area contributed by atoms with Gasteiger partial charge in [0.2, 0.25) is 0 Å². The third-order valence-electron chi connectivity index (χ3n) is 6.35. The first-order chi connectivity index (χ1) is 16.1.